The SMILES string of the molecule is Cc1ccc(N2C(=O)/C(=C/c3ccc(-c4cc([N+](=O)[O-])ccc4O)o3)C(=O)N(c3ccccc3)C2=O)cc1. The molecule has 1 saturated heterocycles. The number of rotatable bonds is 5. The van der Waals surface area contributed by atoms with E-state index in [0.29, 0.717) is 0 Å². The Morgan fingerprint density at radius 1 is 0.842 bits per heavy atom. The van der Waals surface area contributed by atoms with Gasteiger partial charge < -0.3 is 9.52 Å². The van der Waals surface area contributed by atoms with Crippen LogP contribution in [-0.4, -0.2) is 27.9 Å². The largest absolute Gasteiger partial charge is 0.507 e. The van der Waals surface area contributed by atoms with Crippen molar-refractivity contribution in [3.8, 4) is 17.1 Å². The third-order valence-electron chi connectivity index (χ3n) is 5.93. The van der Waals surface area contributed by atoms with Gasteiger partial charge in [-0.15, -0.1) is 0 Å². The number of urea groups is 1. The van der Waals surface area contributed by atoms with Gasteiger partial charge in [0.1, 0.15) is 22.8 Å². The second-order valence-corrected chi connectivity index (χ2v) is 8.45. The minimum Gasteiger partial charge on any atom is -0.507 e. The summed E-state index contributed by atoms with van der Waals surface area (Å²) in [5.41, 5.74) is 0.958. The molecule has 4 amide bonds. The van der Waals surface area contributed by atoms with Crippen molar-refractivity contribution in [3.63, 3.8) is 0 Å². The van der Waals surface area contributed by atoms with Crippen molar-refractivity contribution in [1.29, 1.82) is 0 Å². The fourth-order valence-electron chi connectivity index (χ4n) is 4.01. The quantitative estimate of drug-likeness (QED) is 0.164. The molecule has 10 nitrogen and oxygen atoms in total. The van der Waals surface area contributed by atoms with Gasteiger partial charge in [-0.05, 0) is 55.5 Å². The van der Waals surface area contributed by atoms with Gasteiger partial charge in [-0.25, -0.2) is 14.6 Å². The number of hydrogen-bond donors (Lipinski definition) is 1. The van der Waals surface area contributed by atoms with Crippen molar-refractivity contribution in [2.24, 2.45) is 0 Å². The number of nitro groups is 1. The lowest BCUT2D eigenvalue weighted by molar-refractivity contribution is -0.384. The minimum absolute atomic E-state index is 0.0625. The van der Waals surface area contributed by atoms with E-state index in [1.54, 1.807) is 54.6 Å². The highest BCUT2D eigenvalue weighted by molar-refractivity contribution is 6.46. The fourth-order valence-corrected chi connectivity index (χ4v) is 4.01. The van der Waals surface area contributed by atoms with Crippen LogP contribution in [0.25, 0.3) is 17.4 Å². The summed E-state index contributed by atoms with van der Waals surface area (Å²) in [4.78, 5) is 52.7. The van der Waals surface area contributed by atoms with Gasteiger partial charge in [0.25, 0.3) is 17.5 Å². The normalized spacial score (nSPS) is 14.9. The van der Waals surface area contributed by atoms with Gasteiger partial charge in [0, 0.05) is 12.1 Å². The minimum atomic E-state index is -0.842. The van der Waals surface area contributed by atoms with Crippen LogP contribution in [0.3, 0.4) is 0 Å². The van der Waals surface area contributed by atoms with Crippen LogP contribution in [0.1, 0.15) is 11.3 Å². The lowest BCUT2D eigenvalue weighted by Crippen LogP contribution is -2.57. The molecule has 0 saturated carbocycles. The van der Waals surface area contributed by atoms with E-state index < -0.39 is 22.8 Å². The van der Waals surface area contributed by atoms with E-state index in [-0.39, 0.29) is 45.5 Å². The standard InChI is InChI=1S/C28H19N3O7/c1-17-7-9-19(10-8-17)30-27(34)23(26(33)29(28(30)35)18-5-3-2-4-6-18)16-21-12-14-25(38-21)22-15-20(31(36)37)11-13-24(22)32/h2-16,32H,1H3/b23-16+. The molecule has 1 aliphatic rings. The second kappa shape index (κ2) is 9.51. The average molecular weight is 509 g/mol. The molecule has 0 aliphatic carbocycles. The molecule has 10 heteroatoms. The maximum absolute atomic E-state index is 13.5. The molecule has 1 aromatic heterocycles. The van der Waals surface area contributed by atoms with E-state index in [9.17, 15) is 29.6 Å². The van der Waals surface area contributed by atoms with Gasteiger partial charge in [0.2, 0.25) is 0 Å². The maximum Gasteiger partial charge on any atom is 0.343 e. The number of benzene rings is 3. The number of amides is 4. The first-order valence-corrected chi connectivity index (χ1v) is 11.4. The van der Waals surface area contributed by atoms with Gasteiger partial charge in [0.15, 0.2) is 0 Å². The Hall–Kier alpha value is -5.51. The Morgan fingerprint density at radius 2 is 1.47 bits per heavy atom. The lowest BCUT2D eigenvalue weighted by atomic mass is 10.1. The van der Waals surface area contributed by atoms with E-state index in [2.05, 4.69) is 0 Å². The fraction of sp³-hybridized carbons (Fsp3) is 0.0357. The van der Waals surface area contributed by atoms with Crippen molar-refractivity contribution in [2.75, 3.05) is 9.80 Å². The van der Waals surface area contributed by atoms with E-state index in [1.165, 1.54) is 24.3 Å². The number of nitro benzene ring substituents is 1. The van der Waals surface area contributed by atoms with Crippen LogP contribution in [-0.2, 0) is 9.59 Å². The zero-order valence-electron chi connectivity index (χ0n) is 19.9. The summed E-state index contributed by atoms with van der Waals surface area (Å²) in [5, 5.41) is 21.3. The first-order valence-electron chi connectivity index (χ1n) is 11.4. The molecule has 0 unspecified atom stereocenters. The molecule has 3 aromatic carbocycles. The Labute approximate surface area is 215 Å². The molecule has 1 aliphatic heterocycles. The summed E-state index contributed by atoms with van der Waals surface area (Å²) in [7, 11) is 0. The number of imide groups is 2. The van der Waals surface area contributed by atoms with Crippen LogP contribution >= 0.6 is 0 Å². The van der Waals surface area contributed by atoms with Crippen LogP contribution in [0, 0.1) is 17.0 Å². The van der Waals surface area contributed by atoms with Crippen LogP contribution < -0.4 is 9.80 Å². The van der Waals surface area contributed by atoms with Crippen molar-refractivity contribution < 1.29 is 28.8 Å². The Morgan fingerprint density at radius 3 is 2.11 bits per heavy atom. The first kappa shape index (κ1) is 24.2. The van der Waals surface area contributed by atoms with E-state index >= 15 is 0 Å². The Balaban J connectivity index is 1.59. The number of aryl methyl sites for hydroxylation is 1. The molecular weight excluding hydrogens is 490 g/mol. The van der Waals surface area contributed by atoms with Crippen LogP contribution in [0.2, 0.25) is 0 Å². The lowest BCUT2D eigenvalue weighted by Gasteiger charge is -2.33. The van der Waals surface area contributed by atoms with Crippen LogP contribution in [0.4, 0.5) is 21.9 Å². The number of aromatic hydroxyl groups is 1. The van der Waals surface area contributed by atoms with Crippen molar-refractivity contribution in [1.82, 2.24) is 0 Å². The average Bonchev–Trinajstić information content (AvgIpc) is 3.37. The molecular formula is C28H19N3O7. The highest BCUT2D eigenvalue weighted by Gasteiger charge is 2.43. The summed E-state index contributed by atoms with van der Waals surface area (Å²) in [6.45, 7) is 1.86. The monoisotopic (exact) mass is 509 g/mol. The van der Waals surface area contributed by atoms with Gasteiger partial charge >= 0.3 is 6.03 Å². The Bertz CT molecular complexity index is 1620. The summed E-state index contributed by atoms with van der Waals surface area (Å²) < 4.78 is 5.72. The number of hydrogen-bond acceptors (Lipinski definition) is 7. The second-order valence-electron chi connectivity index (χ2n) is 8.45. The van der Waals surface area contributed by atoms with Gasteiger partial charge in [-0.3, -0.25) is 19.7 Å². The van der Waals surface area contributed by atoms with Crippen molar-refractivity contribution in [2.45, 2.75) is 6.92 Å². The molecule has 38 heavy (non-hydrogen) atoms. The van der Waals surface area contributed by atoms with Crippen molar-refractivity contribution in [3.05, 3.63) is 112 Å². The van der Waals surface area contributed by atoms with Crippen molar-refractivity contribution >= 4 is 41.0 Å². The third kappa shape index (κ3) is 4.30. The number of barbiturate groups is 1. The molecule has 0 bridgehead atoms. The predicted molar refractivity (Wildman–Crippen MR) is 138 cm³/mol. The number of non-ortho nitro benzene ring substituents is 1. The highest BCUT2D eigenvalue weighted by atomic mass is 16.6. The topological polar surface area (TPSA) is 134 Å². The summed E-state index contributed by atoms with van der Waals surface area (Å²) in [6.07, 6.45) is 1.20. The van der Waals surface area contributed by atoms with Gasteiger partial charge in [-0.1, -0.05) is 35.9 Å². The smallest absolute Gasteiger partial charge is 0.343 e. The molecule has 0 atom stereocenters. The third-order valence-corrected chi connectivity index (χ3v) is 5.93. The van der Waals surface area contributed by atoms with E-state index in [4.69, 9.17) is 4.42 Å². The highest BCUT2D eigenvalue weighted by Crippen LogP contribution is 2.35. The molecule has 188 valence electrons. The van der Waals surface area contributed by atoms with E-state index in [1.807, 2.05) is 6.92 Å². The van der Waals surface area contributed by atoms with E-state index in [0.717, 1.165) is 27.5 Å². The molecule has 4 aromatic rings. The number of nitrogens with zero attached hydrogens (tertiary/aromatic N) is 3. The summed E-state index contributed by atoms with van der Waals surface area (Å²) in [6, 6.07) is 20.5. The van der Waals surface area contributed by atoms with Gasteiger partial charge in [-0.2, -0.15) is 0 Å². The van der Waals surface area contributed by atoms with Crippen LogP contribution in [0.5, 0.6) is 5.75 Å². The zero-order chi connectivity index (χ0) is 27.0. The number of carbonyl (C=O) groups is 3. The molecule has 1 fully saturated rings. The number of carbonyl (C=O) groups excluding carboxylic acids is 3. The predicted octanol–water partition coefficient (Wildman–Crippen LogP) is 5.45. The number of phenolic OH excluding ortho intramolecular Hbond substituents is 1. The first-order chi connectivity index (χ1) is 18.2. The molecule has 2 heterocycles. The number of anilines is 2. The number of furan rings is 1. The van der Waals surface area contributed by atoms with Gasteiger partial charge in [0.05, 0.1) is 21.9 Å². The summed E-state index contributed by atoms with van der Waals surface area (Å²) in [5.74, 6) is -1.78. The Kier molecular flexibility index (Phi) is 6.05. The number of para-hydroxylation sites is 1. The van der Waals surface area contributed by atoms with Crippen LogP contribution in [0.15, 0.2) is 94.9 Å². The number of phenols is 1. The maximum atomic E-state index is 13.5. The summed E-state index contributed by atoms with van der Waals surface area (Å²) >= 11 is 0. The zero-order valence-corrected chi connectivity index (χ0v) is 19.9. The molecule has 0 radical (unpaired) electrons. The molecule has 1 N–H and O–H groups in total. The molecule has 5 rings (SSSR count). The molecule has 0 spiro atoms.